The highest BCUT2D eigenvalue weighted by Gasteiger charge is 2.32. The summed E-state index contributed by atoms with van der Waals surface area (Å²) >= 11 is 6.02. The standard InChI is InChI=1S/C27H35ClN2O5/c1-33-22-11-7-8-20(17-22)26(27(32)29-21-9-5-4-6-10-21)30(25(31)18-28)15-14-19-12-13-23(34-2)24(16-19)35-3/h7-8,11-13,16-17,21,26H,4-6,9-10,14-15,18H2,1-3H3,(H,29,32)/t26-/m0/s1. The summed E-state index contributed by atoms with van der Waals surface area (Å²) in [6, 6.07) is 12.2. The molecule has 35 heavy (non-hydrogen) atoms. The fourth-order valence-electron chi connectivity index (χ4n) is 4.57. The largest absolute Gasteiger partial charge is 0.497 e. The molecule has 2 aromatic rings. The molecule has 2 amide bonds. The Morgan fingerprint density at radius 2 is 1.74 bits per heavy atom. The van der Waals surface area contributed by atoms with E-state index in [1.807, 2.05) is 36.4 Å². The Bertz CT molecular complexity index is 993. The highest BCUT2D eigenvalue weighted by Crippen LogP contribution is 2.30. The monoisotopic (exact) mass is 502 g/mol. The number of nitrogens with one attached hydrogen (secondary N) is 1. The van der Waals surface area contributed by atoms with E-state index in [4.69, 9.17) is 25.8 Å². The van der Waals surface area contributed by atoms with Gasteiger partial charge in [0.25, 0.3) is 0 Å². The lowest BCUT2D eigenvalue weighted by Gasteiger charge is -2.33. The molecule has 2 aromatic carbocycles. The van der Waals surface area contributed by atoms with Crippen molar-refractivity contribution in [1.29, 1.82) is 0 Å². The lowest BCUT2D eigenvalue weighted by Crippen LogP contribution is -2.48. The molecular weight excluding hydrogens is 468 g/mol. The molecule has 1 N–H and O–H groups in total. The molecule has 0 aliphatic heterocycles. The van der Waals surface area contributed by atoms with Crippen molar-refractivity contribution in [3.63, 3.8) is 0 Å². The fourth-order valence-corrected chi connectivity index (χ4v) is 4.73. The number of benzene rings is 2. The molecular formula is C27H35ClN2O5. The van der Waals surface area contributed by atoms with Crippen LogP contribution >= 0.6 is 11.6 Å². The number of hydrogen-bond donors (Lipinski definition) is 1. The van der Waals surface area contributed by atoms with E-state index in [0.717, 1.165) is 31.2 Å². The fraction of sp³-hybridized carbons (Fsp3) is 0.481. The molecule has 3 rings (SSSR count). The lowest BCUT2D eigenvalue weighted by molar-refractivity contribution is -0.139. The van der Waals surface area contributed by atoms with Gasteiger partial charge in [0.1, 0.15) is 17.7 Å². The van der Waals surface area contributed by atoms with E-state index >= 15 is 0 Å². The first-order chi connectivity index (χ1) is 17.0. The number of rotatable bonds is 11. The Hall–Kier alpha value is -2.93. The molecule has 0 heterocycles. The van der Waals surface area contributed by atoms with Crippen molar-refractivity contribution in [1.82, 2.24) is 10.2 Å². The highest BCUT2D eigenvalue weighted by molar-refractivity contribution is 6.27. The molecule has 0 bridgehead atoms. The van der Waals surface area contributed by atoms with Crippen molar-refractivity contribution in [2.24, 2.45) is 0 Å². The van der Waals surface area contributed by atoms with Crippen LogP contribution in [0.25, 0.3) is 0 Å². The molecule has 0 saturated heterocycles. The zero-order valence-corrected chi connectivity index (χ0v) is 21.5. The van der Waals surface area contributed by atoms with E-state index in [2.05, 4.69) is 5.32 Å². The summed E-state index contributed by atoms with van der Waals surface area (Å²) < 4.78 is 16.1. The van der Waals surface area contributed by atoms with E-state index in [9.17, 15) is 9.59 Å². The van der Waals surface area contributed by atoms with Gasteiger partial charge in [-0.3, -0.25) is 9.59 Å². The number of carbonyl (C=O) groups is 2. The summed E-state index contributed by atoms with van der Waals surface area (Å²) in [5.74, 6) is 1.14. The van der Waals surface area contributed by atoms with E-state index in [0.29, 0.717) is 35.8 Å². The number of amides is 2. The number of nitrogens with zero attached hydrogens (tertiary/aromatic N) is 1. The zero-order chi connectivity index (χ0) is 25.2. The van der Waals surface area contributed by atoms with Crippen LogP contribution in [-0.4, -0.2) is 56.5 Å². The number of methoxy groups -OCH3 is 3. The van der Waals surface area contributed by atoms with Crippen LogP contribution in [0.1, 0.15) is 49.3 Å². The van der Waals surface area contributed by atoms with E-state index < -0.39 is 6.04 Å². The Kier molecular flexibility index (Phi) is 10.1. The van der Waals surface area contributed by atoms with Crippen molar-refractivity contribution < 1.29 is 23.8 Å². The third kappa shape index (κ3) is 7.04. The topological polar surface area (TPSA) is 77.1 Å². The molecule has 1 fully saturated rings. The third-order valence-corrected chi connectivity index (χ3v) is 6.67. The van der Waals surface area contributed by atoms with Gasteiger partial charge in [0.15, 0.2) is 11.5 Å². The van der Waals surface area contributed by atoms with Crippen LogP contribution < -0.4 is 19.5 Å². The summed E-state index contributed by atoms with van der Waals surface area (Å²) in [5, 5.41) is 3.19. The van der Waals surface area contributed by atoms with Gasteiger partial charge in [0, 0.05) is 12.6 Å². The second-order valence-electron chi connectivity index (χ2n) is 8.68. The van der Waals surface area contributed by atoms with Crippen LogP contribution in [0.5, 0.6) is 17.2 Å². The highest BCUT2D eigenvalue weighted by atomic mass is 35.5. The minimum absolute atomic E-state index is 0.114. The molecule has 1 aliphatic rings. The van der Waals surface area contributed by atoms with Gasteiger partial charge in [-0.1, -0.05) is 37.5 Å². The van der Waals surface area contributed by atoms with E-state index in [1.54, 1.807) is 32.3 Å². The minimum atomic E-state index is -0.821. The molecule has 0 radical (unpaired) electrons. The first-order valence-corrected chi connectivity index (χ1v) is 12.5. The summed E-state index contributed by atoms with van der Waals surface area (Å²) in [5.41, 5.74) is 1.63. The van der Waals surface area contributed by atoms with Crippen molar-refractivity contribution >= 4 is 23.4 Å². The number of ether oxygens (including phenoxy) is 3. The molecule has 0 spiro atoms. The number of alkyl halides is 1. The van der Waals surface area contributed by atoms with Crippen LogP contribution in [-0.2, 0) is 16.0 Å². The predicted molar refractivity (Wildman–Crippen MR) is 136 cm³/mol. The quantitative estimate of drug-likeness (QED) is 0.457. The third-order valence-electron chi connectivity index (χ3n) is 6.45. The van der Waals surface area contributed by atoms with Crippen molar-refractivity contribution in [3.05, 3.63) is 53.6 Å². The average molecular weight is 503 g/mol. The number of halogens is 1. The molecule has 7 nitrogen and oxygen atoms in total. The van der Waals surface area contributed by atoms with Gasteiger partial charge in [-0.2, -0.15) is 0 Å². The van der Waals surface area contributed by atoms with Gasteiger partial charge in [-0.15, -0.1) is 11.6 Å². The lowest BCUT2D eigenvalue weighted by atomic mass is 9.94. The Morgan fingerprint density at radius 3 is 2.40 bits per heavy atom. The minimum Gasteiger partial charge on any atom is -0.497 e. The molecule has 0 aromatic heterocycles. The summed E-state index contributed by atoms with van der Waals surface area (Å²) in [4.78, 5) is 28.3. The first kappa shape index (κ1) is 26.7. The van der Waals surface area contributed by atoms with Gasteiger partial charge in [0.2, 0.25) is 11.8 Å². The first-order valence-electron chi connectivity index (χ1n) is 12.0. The maximum absolute atomic E-state index is 13.6. The average Bonchev–Trinajstić information content (AvgIpc) is 2.90. The maximum atomic E-state index is 13.6. The van der Waals surface area contributed by atoms with Crippen LogP contribution in [0.15, 0.2) is 42.5 Å². The van der Waals surface area contributed by atoms with Gasteiger partial charge in [0.05, 0.1) is 21.3 Å². The Labute approximate surface area is 212 Å². The maximum Gasteiger partial charge on any atom is 0.247 e. The second-order valence-corrected chi connectivity index (χ2v) is 8.95. The molecule has 190 valence electrons. The SMILES string of the molecule is COc1cccc([C@@H](C(=O)NC2CCCCC2)N(CCc2ccc(OC)c(OC)c2)C(=O)CCl)c1. The molecule has 1 atom stereocenters. The summed E-state index contributed by atoms with van der Waals surface area (Å²) in [6.45, 7) is 0.307. The Morgan fingerprint density at radius 1 is 1.00 bits per heavy atom. The predicted octanol–water partition coefficient (Wildman–Crippen LogP) is 4.51. The van der Waals surface area contributed by atoms with Gasteiger partial charge < -0.3 is 24.4 Å². The molecule has 8 heteroatoms. The number of hydrogen-bond acceptors (Lipinski definition) is 5. The van der Waals surface area contributed by atoms with Gasteiger partial charge in [-0.05, 0) is 54.7 Å². The molecule has 1 aliphatic carbocycles. The van der Waals surface area contributed by atoms with E-state index in [1.165, 1.54) is 6.42 Å². The van der Waals surface area contributed by atoms with Crippen LogP contribution in [0, 0.1) is 0 Å². The van der Waals surface area contributed by atoms with Gasteiger partial charge >= 0.3 is 0 Å². The van der Waals surface area contributed by atoms with Crippen LogP contribution in [0.4, 0.5) is 0 Å². The van der Waals surface area contributed by atoms with Crippen molar-refractivity contribution in [2.75, 3.05) is 33.8 Å². The number of carbonyl (C=O) groups excluding carboxylic acids is 2. The summed E-state index contributed by atoms with van der Waals surface area (Å²) in [7, 11) is 4.75. The molecule has 0 unspecified atom stereocenters. The van der Waals surface area contributed by atoms with Gasteiger partial charge in [-0.25, -0.2) is 0 Å². The van der Waals surface area contributed by atoms with Crippen LogP contribution in [0.3, 0.4) is 0 Å². The second kappa shape index (κ2) is 13.2. The van der Waals surface area contributed by atoms with E-state index in [-0.39, 0.29) is 23.7 Å². The van der Waals surface area contributed by atoms with Crippen LogP contribution in [0.2, 0.25) is 0 Å². The zero-order valence-electron chi connectivity index (χ0n) is 20.7. The normalized spacial score (nSPS) is 14.6. The summed E-state index contributed by atoms with van der Waals surface area (Å²) in [6.07, 6.45) is 5.79. The smallest absolute Gasteiger partial charge is 0.247 e. The van der Waals surface area contributed by atoms with Crippen molar-refractivity contribution in [3.8, 4) is 17.2 Å². The molecule has 1 saturated carbocycles. The Balaban J connectivity index is 1.90. The van der Waals surface area contributed by atoms with Crippen molar-refractivity contribution in [2.45, 2.75) is 50.6 Å².